The lowest BCUT2D eigenvalue weighted by Gasteiger charge is -2.24. The van der Waals surface area contributed by atoms with Crippen molar-refractivity contribution in [2.45, 2.75) is 40.2 Å². The summed E-state index contributed by atoms with van der Waals surface area (Å²) in [7, 11) is 0. The second kappa shape index (κ2) is 14.4. The predicted octanol–water partition coefficient (Wildman–Crippen LogP) is 3.73. The minimum absolute atomic E-state index is 0.111. The van der Waals surface area contributed by atoms with Crippen LogP contribution in [0.25, 0.3) is 0 Å². The van der Waals surface area contributed by atoms with E-state index < -0.39 is 30.4 Å². The number of nitriles is 1. The number of esters is 1. The topological polar surface area (TPSA) is 118 Å². The van der Waals surface area contributed by atoms with Crippen molar-refractivity contribution in [1.82, 2.24) is 5.32 Å². The fraction of sp³-hybridized carbons (Fsp3) is 0.407. The maximum absolute atomic E-state index is 12.9. The second-order valence-corrected chi connectivity index (χ2v) is 8.14. The molecule has 0 aliphatic carbocycles. The number of amides is 2. The molecule has 1 N–H and O–H groups in total. The van der Waals surface area contributed by atoms with Crippen LogP contribution in [0.5, 0.6) is 11.5 Å². The quantitative estimate of drug-likeness (QED) is 0.421. The number of nitrogens with one attached hydrogen (secondary N) is 1. The van der Waals surface area contributed by atoms with E-state index in [4.69, 9.17) is 19.5 Å². The van der Waals surface area contributed by atoms with E-state index in [2.05, 4.69) is 5.32 Å². The van der Waals surface area contributed by atoms with Gasteiger partial charge in [0.2, 0.25) is 0 Å². The molecule has 36 heavy (non-hydrogen) atoms. The van der Waals surface area contributed by atoms with Crippen molar-refractivity contribution < 1.29 is 28.6 Å². The van der Waals surface area contributed by atoms with Gasteiger partial charge in [0.1, 0.15) is 17.5 Å². The van der Waals surface area contributed by atoms with Crippen LogP contribution in [0.4, 0.5) is 5.69 Å². The Hall–Kier alpha value is -4.06. The monoisotopic (exact) mass is 495 g/mol. The van der Waals surface area contributed by atoms with Crippen LogP contribution in [0.3, 0.4) is 0 Å². The van der Waals surface area contributed by atoms with E-state index >= 15 is 0 Å². The van der Waals surface area contributed by atoms with Gasteiger partial charge in [-0.25, -0.2) is 4.79 Å². The standard InChI is InChI=1S/C27H33N3O6/c1-5-34-22-12-8-20(9-13-22)26(32)29-25(19(3)4)27(33)36-18-24(31)30(17-7-16-28)21-10-14-23(15-11-21)35-6-2/h8-15,19,25H,5-7,17-18H2,1-4H3,(H,29,32)/t25-/m0/s1. The van der Waals surface area contributed by atoms with Crippen molar-refractivity contribution in [2.24, 2.45) is 5.92 Å². The van der Waals surface area contributed by atoms with Gasteiger partial charge in [-0.05, 0) is 68.3 Å². The van der Waals surface area contributed by atoms with E-state index in [1.165, 1.54) is 4.90 Å². The number of hydrogen-bond acceptors (Lipinski definition) is 7. The fourth-order valence-corrected chi connectivity index (χ4v) is 3.34. The summed E-state index contributed by atoms with van der Waals surface area (Å²) in [5.41, 5.74) is 0.921. The normalized spacial score (nSPS) is 11.2. The van der Waals surface area contributed by atoms with Gasteiger partial charge in [0.25, 0.3) is 11.8 Å². The lowest BCUT2D eigenvalue weighted by Crippen LogP contribution is -2.46. The lowest BCUT2D eigenvalue weighted by molar-refractivity contribution is -0.150. The molecule has 1 atom stereocenters. The number of ether oxygens (including phenoxy) is 3. The Morgan fingerprint density at radius 2 is 1.50 bits per heavy atom. The van der Waals surface area contributed by atoms with Gasteiger partial charge in [-0.3, -0.25) is 9.59 Å². The molecule has 2 amide bonds. The smallest absolute Gasteiger partial charge is 0.329 e. The molecule has 0 fully saturated rings. The number of anilines is 1. The third kappa shape index (κ3) is 8.31. The van der Waals surface area contributed by atoms with Gasteiger partial charge in [0.05, 0.1) is 25.7 Å². The van der Waals surface area contributed by atoms with Crippen LogP contribution in [-0.4, -0.2) is 50.2 Å². The van der Waals surface area contributed by atoms with Gasteiger partial charge in [0.15, 0.2) is 6.61 Å². The molecule has 0 heterocycles. The summed E-state index contributed by atoms with van der Waals surface area (Å²) in [6.45, 7) is 7.91. The highest BCUT2D eigenvalue weighted by atomic mass is 16.5. The molecule has 0 spiro atoms. The maximum atomic E-state index is 12.9. The van der Waals surface area contributed by atoms with E-state index in [9.17, 15) is 14.4 Å². The molecule has 0 saturated heterocycles. The van der Waals surface area contributed by atoms with Gasteiger partial charge in [-0.1, -0.05) is 13.8 Å². The SMILES string of the molecule is CCOc1ccc(C(=O)N[C@H](C(=O)OCC(=O)N(CCC#N)c2ccc(OCC)cc2)C(C)C)cc1. The first-order valence-corrected chi connectivity index (χ1v) is 11.9. The molecule has 192 valence electrons. The van der Waals surface area contributed by atoms with Crippen LogP contribution in [0.15, 0.2) is 48.5 Å². The van der Waals surface area contributed by atoms with E-state index in [1.54, 1.807) is 62.4 Å². The highest BCUT2D eigenvalue weighted by molar-refractivity contribution is 5.98. The van der Waals surface area contributed by atoms with Crippen LogP contribution in [0.1, 0.15) is 44.5 Å². The van der Waals surface area contributed by atoms with Crippen molar-refractivity contribution >= 4 is 23.5 Å². The average molecular weight is 496 g/mol. The Morgan fingerprint density at radius 1 is 0.944 bits per heavy atom. The summed E-state index contributed by atoms with van der Waals surface area (Å²) in [5.74, 6) is -0.623. The van der Waals surface area contributed by atoms with Crippen molar-refractivity contribution in [1.29, 1.82) is 5.26 Å². The third-order valence-corrected chi connectivity index (χ3v) is 5.18. The number of rotatable bonds is 13. The molecular formula is C27H33N3O6. The molecule has 0 radical (unpaired) electrons. The number of hydrogen-bond donors (Lipinski definition) is 1. The molecule has 0 aliphatic rings. The summed E-state index contributed by atoms with van der Waals surface area (Å²) in [5, 5.41) is 11.7. The zero-order valence-electron chi connectivity index (χ0n) is 21.2. The first kappa shape index (κ1) is 28.2. The molecular weight excluding hydrogens is 462 g/mol. The summed E-state index contributed by atoms with van der Waals surface area (Å²) in [6.07, 6.45) is 0.111. The number of nitrogens with zero attached hydrogens (tertiary/aromatic N) is 2. The zero-order chi connectivity index (χ0) is 26.5. The minimum atomic E-state index is -0.949. The fourth-order valence-electron chi connectivity index (χ4n) is 3.34. The van der Waals surface area contributed by atoms with E-state index in [0.29, 0.717) is 36.0 Å². The van der Waals surface area contributed by atoms with Gasteiger partial charge in [0, 0.05) is 17.8 Å². The Kier molecular flexibility index (Phi) is 11.2. The summed E-state index contributed by atoms with van der Waals surface area (Å²) >= 11 is 0. The molecule has 9 heteroatoms. The first-order valence-electron chi connectivity index (χ1n) is 11.9. The van der Waals surface area contributed by atoms with E-state index in [-0.39, 0.29) is 18.9 Å². The molecule has 0 unspecified atom stereocenters. The highest BCUT2D eigenvalue weighted by Crippen LogP contribution is 2.20. The lowest BCUT2D eigenvalue weighted by atomic mass is 10.0. The van der Waals surface area contributed by atoms with Crippen molar-refractivity contribution in [3.8, 4) is 17.6 Å². The van der Waals surface area contributed by atoms with Crippen molar-refractivity contribution in [3.05, 3.63) is 54.1 Å². The average Bonchev–Trinajstić information content (AvgIpc) is 2.87. The number of benzene rings is 2. The molecule has 2 aromatic rings. The Morgan fingerprint density at radius 3 is 2.00 bits per heavy atom. The summed E-state index contributed by atoms with van der Waals surface area (Å²) in [6, 6.07) is 14.5. The molecule has 0 aliphatic heterocycles. The molecule has 2 aromatic carbocycles. The Labute approximate surface area is 211 Å². The van der Waals surface area contributed by atoms with Gasteiger partial charge >= 0.3 is 5.97 Å². The molecule has 0 bridgehead atoms. The van der Waals surface area contributed by atoms with Crippen molar-refractivity contribution in [2.75, 3.05) is 31.3 Å². The molecule has 0 aromatic heterocycles. The van der Waals surface area contributed by atoms with Crippen LogP contribution in [0.2, 0.25) is 0 Å². The van der Waals surface area contributed by atoms with Gasteiger partial charge < -0.3 is 24.4 Å². The van der Waals surface area contributed by atoms with Gasteiger partial charge in [-0.2, -0.15) is 5.26 Å². The summed E-state index contributed by atoms with van der Waals surface area (Å²) in [4.78, 5) is 39.7. The van der Waals surface area contributed by atoms with Gasteiger partial charge in [-0.15, -0.1) is 0 Å². The minimum Gasteiger partial charge on any atom is -0.494 e. The van der Waals surface area contributed by atoms with Crippen LogP contribution in [-0.2, 0) is 14.3 Å². The van der Waals surface area contributed by atoms with Crippen molar-refractivity contribution in [3.63, 3.8) is 0 Å². The molecule has 2 rings (SSSR count). The largest absolute Gasteiger partial charge is 0.494 e. The zero-order valence-corrected chi connectivity index (χ0v) is 21.2. The van der Waals surface area contributed by atoms with E-state index in [1.807, 2.05) is 19.9 Å². The van der Waals surface area contributed by atoms with Crippen LogP contribution < -0.4 is 19.7 Å². The number of carbonyl (C=O) groups is 3. The number of carbonyl (C=O) groups excluding carboxylic acids is 3. The maximum Gasteiger partial charge on any atom is 0.329 e. The second-order valence-electron chi connectivity index (χ2n) is 8.14. The molecule has 0 saturated carbocycles. The highest BCUT2D eigenvalue weighted by Gasteiger charge is 2.28. The Balaban J connectivity index is 2.04. The predicted molar refractivity (Wildman–Crippen MR) is 135 cm³/mol. The Bertz CT molecular complexity index is 1040. The third-order valence-electron chi connectivity index (χ3n) is 5.18. The van der Waals surface area contributed by atoms with Crippen LogP contribution >= 0.6 is 0 Å². The van der Waals surface area contributed by atoms with E-state index in [0.717, 1.165) is 0 Å². The summed E-state index contributed by atoms with van der Waals surface area (Å²) < 4.78 is 16.1. The molecule has 9 nitrogen and oxygen atoms in total. The first-order chi connectivity index (χ1) is 17.3. The van der Waals surface area contributed by atoms with Crippen LogP contribution in [0, 0.1) is 17.2 Å².